The summed E-state index contributed by atoms with van der Waals surface area (Å²) >= 11 is 3.39. The van der Waals surface area contributed by atoms with Crippen LogP contribution in [-0.4, -0.2) is 85.2 Å². The van der Waals surface area contributed by atoms with Crippen molar-refractivity contribution in [2.75, 3.05) is 40.4 Å². The van der Waals surface area contributed by atoms with E-state index in [1.54, 1.807) is 22.9 Å². The van der Waals surface area contributed by atoms with E-state index in [9.17, 15) is 23.9 Å². The maximum absolute atomic E-state index is 14.2. The van der Waals surface area contributed by atoms with Crippen LogP contribution in [0.25, 0.3) is 5.57 Å². The van der Waals surface area contributed by atoms with Crippen LogP contribution in [-0.2, 0) is 25.5 Å². The van der Waals surface area contributed by atoms with Crippen molar-refractivity contribution < 1.29 is 33.4 Å². The van der Waals surface area contributed by atoms with Gasteiger partial charge in [0.2, 0.25) is 5.91 Å². The van der Waals surface area contributed by atoms with E-state index in [1.165, 1.54) is 19.2 Å². The lowest BCUT2D eigenvalue weighted by Gasteiger charge is -2.45. The van der Waals surface area contributed by atoms with Crippen LogP contribution in [0.5, 0.6) is 5.75 Å². The van der Waals surface area contributed by atoms with Crippen LogP contribution in [0.3, 0.4) is 0 Å². The van der Waals surface area contributed by atoms with E-state index < -0.39 is 12.1 Å². The molecule has 2 aliphatic heterocycles. The Hall–Kier alpha value is -4.06. The molecule has 5 rings (SSSR count). The molecule has 9 nitrogen and oxygen atoms in total. The Labute approximate surface area is 295 Å². The van der Waals surface area contributed by atoms with Crippen molar-refractivity contribution in [1.29, 1.82) is 0 Å². The van der Waals surface area contributed by atoms with Gasteiger partial charge in [-0.2, -0.15) is 0 Å². The van der Waals surface area contributed by atoms with E-state index in [-0.39, 0.29) is 49.0 Å². The molecule has 0 radical (unpaired) electrons. The summed E-state index contributed by atoms with van der Waals surface area (Å²) in [6.07, 6.45) is 2.00. The van der Waals surface area contributed by atoms with E-state index >= 15 is 0 Å². The quantitative estimate of drug-likeness (QED) is 0.167. The zero-order valence-corrected chi connectivity index (χ0v) is 29.5. The van der Waals surface area contributed by atoms with Gasteiger partial charge in [0, 0.05) is 50.7 Å². The lowest BCUT2D eigenvalue weighted by molar-refractivity contribution is -0.141. The molecule has 2 heterocycles. The number of piperazine rings is 1. The van der Waals surface area contributed by atoms with Gasteiger partial charge in [-0.05, 0) is 76.0 Å². The van der Waals surface area contributed by atoms with Gasteiger partial charge in [-0.15, -0.1) is 0 Å². The van der Waals surface area contributed by atoms with Gasteiger partial charge in [-0.25, -0.2) is 4.39 Å². The molecule has 2 N–H and O–H groups in total. The SMILES string of the molecule is COC(=O)CCCC(=O)N1C[C@H]2CC(c3ccc(CCCOc4cc(F)ccc4Br)cc3)=C(C(=O)N(C)C[C@@H](O)c3ccccc3)[C@@H](C1)N2. The molecule has 260 valence electrons. The van der Waals surface area contributed by atoms with Crippen molar-refractivity contribution in [3.05, 3.63) is 105 Å². The standard InChI is InChI=1S/C38H43BrFN3O6/c1-42(24-33(44)27-9-4-3-5-10-27)38(47)37-30(21-29-22-43(23-32(37)41-29)35(45)11-6-12-36(46)48-2)26-15-13-25(14-16-26)8-7-19-49-34-20-28(40)17-18-31(34)39/h3-5,9-10,13-18,20,29,32-33,41,44H,6-8,11-12,19,21-24H2,1-2H3/t29-,32-,33-/m1/s1. The highest BCUT2D eigenvalue weighted by Gasteiger charge is 2.40. The third-order valence-electron chi connectivity index (χ3n) is 9.03. The zero-order valence-electron chi connectivity index (χ0n) is 27.9. The summed E-state index contributed by atoms with van der Waals surface area (Å²) in [4.78, 5) is 42.3. The Balaban J connectivity index is 1.32. The fourth-order valence-corrected chi connectivity index (χ4v) is 6.82. The van der Waals surface area contributed by atoms with Crippen LogP contribution in [0.1, 0.15) is 54.9 Å². The zero-order chi connectivity index (χ0) is 34.9. The number of aryl methyl sites for hydroxylation is 1. The number of fused-ring (bicyclic) bond motifs is 2. The second-order valence-corrected chi connectivity index (χ2v) is 13.4. The number of aliphatic hydroxyl groups excluding tert-OH is 1. The topological polar surface area (TPSA) is 108 Å². The second-order valence-electron chi connectivity index (χ2n) is 12.6. The Bertz CT molecular complexity index is 1650. The summed E-state index contributed by atoms with van der Waals surface area (Å²) in [7, 11) is 3.02. The molecule has 3 atom stereocenters. The number of nitrogens with zero attached hydrogens (tertiary/aromatic N) is 2. The Morgan fingerprint density at radius 1 is 1.04 bits per heavy atom. The maximum Gasteiger partial charge on any atom is 0.305 e. The van der Waals surface area contributed by atoms with Crippen molar-refractivity contribution in [2.24, 2.45) is 0 Å². The van der Waals surface area contributed by atoms with Crippen molar-refractivity contribution >= 4 is 39.3 Å². The minimum absolute atomic E-state index is 0.0472. The largest absolute Gasteiger partial charge is 0.492 e. The number of ether oxygens (including phenoxy) is 2. The normalized spacial score (nSPS) is 17.8. The Morgan fingerprint density at radius 3 is 2.53 bits per heavy atom. The Kier molecular flexibility index (Phi) is 12.6. The lowest BCUT2D eigenvalue weighted by atomic mass is 9.82. The van der Waals surface area contributed by atoms with Crippen LogP contribution in [0.4, 0.5) is 4.39 Å². The van der Waals surface area contributed by atoms with Crippen LogP contribution >= 0.6 is 15.9 Å². The number of rotatable bonds is 14. The molecule has 0 aromatic heterocycles. The average molecular weight is 737 g/mol. The highest BCUT2D eigenvalue weighted by atomic mass is 79.9. The van der Waals surface area contributed by atoms with E-state index in [0.29, 0.717) is 48.3 Å². The van der Waals surface area contributed by atoms with Gasteiger partial charge in [0.25, 0.3) is 5.91 Å². The minimum atomic E-state index is -0.854. The monoisotopic (exact) mass is 735 g/mol. The van der Waals surface area contributed by atoms with Gasteiger partial charge in [0.15, 0.2) is 0 Å². The first kappa shape index (κ1) is 36.2. The molecule has 2 amide bonds. The summed E-state index contributed by atoms with van der Waals surface area (Å²) < 4.78 is 24.8. The first-order valence-electron chi connectivity index (χ1n) is 16.6. The fraction of sp³-hybridized carbons (Fsp3) is 0.395. The number of hydrogen-bond acceptors (Lipinski definition) is 7. The van der Waals surface area contributed by atoms with Crippen molar-refractivity contribution in [1.82, 2.24) is 15.1 Å². The average Bonchev–Trinajstić information content (AvgIpc) is 3.11. The molecule has 3 aromatic carbocycles. The van der Waals surface area contributed by atoms with Gasteiger partial charge < -0.3 is 29.7 Å². The molecule has 49 heavy (non-hydrogen) atoms. The molecule has 0 spiro atoms. The van der Waals surface area contributed by atoms with Gasteiger partial charge in [0.1, 0.15) is 11.6 Å². The summed E-state index contributed by atoms with van der Waals surface area (Å²) in [6, 6.07) is 21.4. The molecule has 2 aliphatic rings. The fourth-order valence-electron chi connectivity index (χ4n) is 6.46. The summed E-state index contributed by atoms with van der Waals surface area (Å²) in [6.45, 7) is 1.37. The van der Waals surface area contributed by atoms with Gasteiger partial charge in [-0.3, -0.25) is 14.4 Å². The number of amides is 2. The number of methoxy groups -OCH3 is 1. The van der Waals surface area contributed by atoms with Crippen molar-refractivity contribution in [3.63, 3.8) is 0 Å². The smallest absolute Gasteiger partial charge is 0.305 e. The number of likely N-dealkylation sites (N-methyl/N-ethyl adjacent to an activating group) is 1. The highest BCUT2D eigenvalue weighted by Crippen LogP contribution is 2.35. The maximum atomic E-state index is 14.2. The predicted octanol–water partition coefficient (Wildman–Crippen LogP) is 5.46. The van der Waals surface area contributed by atoms with E-state index in [2.05, 4.69) is 33.4 Å². The highest BCUT2D eigenvalue weighted by molar-refractivity contribution is 9.10. The summed E-state index contributed by atoms with van der Waals surface area (Å²) in [5, 5.41) is 14.5. The second kappa shape index (κ2) is 17.0. The molecule has 1 saturated heterocycles. The van der Waals surface area contributed by atoms with Gasteiger partial charge in [-0.1, -0.05) is 54.6 Å². The van der Waals surface area contributed by atoms with Crippen LogP contribution < -0.4 is 10.1 Å². The minimum Gasteiger partial charge on any atom is -0.492 e. The number of hydrogen-bond donors (Lipinski definition) is 2. The number of esters is 1. The third kappa shape index (κ3) is 9.55. The number of carbonyl (C=O) groups excluding carboxylic acids is 3. The molecule has 11 heteroatoms. The van der Waals surface area contributed by atoms with E-state index in [4.69, 9.17) is 9.47 Å². The van der Waals surface area contributed by atoms with Crippen molar-refractivity contribution in [3.8, 4) is 5.75 Å². The van der Waals surface area contributed by atoms with Crippen LogP contribution in [0.2, 0.25) is 0 Å². The number of benzene rings is 3. The summed E-state index contributed by atoms with van der Waals surface area (Å²) in [5.41, 5.74) is 4.30. The number of nitrogens with one attached hydrogen (secondary N) is 1. The molecule has 3 aromatic rings. The molecule has 0 aliphatic carbocycles. The number of halogens is 2. The third-order valence-corrected chi connectivity index (χ3v) is 9.68. The van der Waals surface area contributed by atoms with E-state index in [0.717, 1.165) is 35.1 Å². The first-order chi connectivity index (χ1) is 23.6. The number of aliphatic hydroxyl groups is 1. The van der Waals surface area contributed by atoms with Crippen LogP contribution in [0, 0.1) is 5.82 Å². The van der Waals surface area contributed by atoms with Gasteiger partial charge >= 0.3 is 5.97 Å². The Morgan fingerprint density at radius 2 is 1.80 bits per heavy atom. The molecule has 1 fully saturated rings. The molecule has 0 unspecified atom stereocenters. The van der Waals surface area contributed by atoms with Crippen molar-refractivity contribution in [2.45, 2.75) is 56.7 Å². The molecular formula is C38H43BrFN3O6. The first-order valence-corrected chi connectivity index (χ1v) is 17.4. The van der Waals surface area contributed by atoms with Crippen LogP contribution in [0.15, 0.2) is 82.8 Å². The molecule has 2 bridgehead atoms. The molecule has 0 saturated carbocycles. The van der Waals surface area contributed by atoms with Gasteiger partial charge in [0.05, 0.1) is 36.9 Å². The summed E-state index contributed by atoms with van der Waals surface area (Å²) in [5.74, 6) is -0.481. The predicted molar refractivity (Wildman–Crippen MR) is 188 cm³/mol. The van der Waals surface area contributed by atoms with E-state index in [1.807, 2.05) is 42.5 Å². The molecular weight excluding hydrogens is 693 g/mol. The number of carbonyl (C=O) groups is 3. The lowest BCUT2D eigenvalue weighted by Crippen LogP contribution is -2.62.